The van der Waals surface area contributed by atoms with Gasteiger partial charge in [0.25, 0.3) is 5.91 Å². The van der Waals surface area contributed by atoms with E-state index in [-0.39, 0.29) is 5.91 Å². The van der Waals surface area contributed by atoms with Gasteiger partial charge in [-0.25, -0.2) is 0 Å². The summed E-state index contributed by atoms with van der Waals surface area (Å²) in [6, 6.07) is 11.5. The molecule has 4 nitrogen and oxygen atoms in total. The van der Waals surface area contributed by atoms with Gasteiger partial charge in [0.15, 0.2) is 0 Å². The number of hydrogen-bond donors (Lipinski definition) is 0. The molecule has 0 bridgehead atoms. The van der Waals surface area contributed by atoms with Crippen LogP contribution in [-0.2, 0) is 0 Å². The van der Waals surface area contributed by atoms with Crippen molar-refractivity contribution in [2.75, 3.05) is 19.7 Å². The highest BCUT2D eigenvalue weighted by atomic mass is 16.5. The van der Waals surface area contributed by atoms with Gasteiger partial charge in [0.05, 0.1) is 17.9 Å². The second-order valence-electron chi connectivity index (χ2n) is 6.95. The predicted molar refractivity (Wildman–Crippen MR) is 99.8 cm³/mol. The minimum atomic E-state index is 0.0708. The number of aromatic nitrogens is 1. The molecule has 1 aromatic heterocycles. The molecule has 1 saturated heterocycles. The van der Waals surface area contributed by atoms with E-state index < -0.39 is 0 Å². The third-order valence-corrected chi connectivity index (χ3v) is 4.40. The Balaban J connectivity index is 1.94. The number of pyridine rings is 1. The van der Waals surface area contributed by atoms with E-state index in [9.17, 15) is 4.79 Å². The molecule has 0 N–H and O–H groups in total. The molecule has 25 heavy (non-hydrogen) atoms. The number of piperidine rings is 1. The van der Waals surface area contributed by atoms with E-state index >= 15 is 0 Å². The SMILES string of the molecule is CC(C)COc1ccccc1-c1ncccc1C(=O)N1CCCCC1. The van der Waals surface area contributed by atoms with Crippen LogP contribution < -0.4 is 4.74 Å². The van der Waals surface area contributed by atoms with Crippen LogP contribution in [0.2, 0.25) is 0 Å². The van der Waals surface area contributed by atoms with E-state index in [1.165, 1.54) is 6.42 Å². The Morgan fingerprint density at radius 1 is 1.12 bits per heavy atom. The zero-order chi connectivity index (χ0) is 17.6. The highest BCUT2D eigenvalue weighted by Gasteiger charge is 2.23. The number of carbonyl (C=O) groups excluding carboxylic acids is 1. The van der Waals surface area contributed by atoms with Crippen LogP contribution in [0.1, 0.15) is 43.5 Å². The molecule has 1 aliphatic rings. The van der Waals surface area contributed by atoms with Crippen molar-refractivity contribution in [2.24, 2.45) is 5.92 Å². The summed E-state index contributed by atoms with van der Waals surface area (Å²) in [6.45, 7) is 6.54. The second kappa shape index (κ2) is 8.15. The third-order valence-electron chi connectivity index (χ3n) is 4.40. The van der Waals surface area contributed by atoms with E-state index in [4.69, 9.17) is 4.74 Å². The number of nitrogens with zero attached hydrogens (tertiary/aromatic N) is 2. The fraction of sp³-hybridized carbons (Fsp3) is 0.429. The van der Waals surface area contributed by atoms with Crippen LogP contribution in [0.5, 0.6) is 5.75 Å². The van der Waals surface area contributed by atoms with Crippen molar-refractivity contribution in [1.82, 2.24) is 9.88 Å². The first kappa shape index (κ1) is 17.5. The lowest BCUT2D eigenvalue weighted by Crippen LogP contribution is -2.36. The van der Waals surface area contributed by atoms with E-state index in [0.717, 1.165) is 37.2 Å². The van der Waals surface area contributed by atoms with Crippen molar-refractivity contribution in [3.8, 4) is 17.0 Å². The summed E-state index contributed by atoms with van der Waals surface area (Å²) >= 11 is 0. The second-order valence-corrected chi connectivity index (χ2v) is 6.95. The highest BCUT2D eigenvalue weighted by molar-refractivity contribution is 6.00. The van der Waals surface area contributed by atoms with Gasteiger partial charge < -0.3 is 9.64 Å². The molecule has 0 atom stereocenters. The number of ether oxygens (including phenoxy) is 1. The topological polar surface area (TPSA) is 42.4 Å². The summed E-state index contributed by atoms with van der Waals surface area (Å²) in [7, 11) is 0. The summed E-state index contributed by atoms with van der Waals surface area (Å²) in [5, 5.41) is 0. The predicted octanol–water partition coefficient (Wildman–Crippen LogP) is 4.41. The molecule has 0 spiro atoms. The van der Waals surface area contributed by atoms with Crippen LogP contribution in [0.15, 0.2) is 42.6 Å². The Labute approximate surface area is 149 Å². The zero-order valence-electron chi connectivity index (χ0n) is 15.1. The van der Waals surface area contributed by atoms with Gasteiger partial charge in [-0.15, -0.1) is 0 Å². The average Bonchev–Trinajstić information content (AvgIpc) is 2.67. The summed E-state index contributed by atoms with van der Waals surface area (Å²) < 4.78 is 5.97. The molecule has 0 aliphatic carbocycles. The molecule has 0 saturated carbocycles. The van der Waals surface area contributed by atoms with Crippen molar-refractivity contribution in [3.05, 3.63) is 48.2 Å². The maximum Gasteiger partial charge on any atom is 0.256 e. The van der Waals surface area contributed by atoms with Crippen LogP contribution >= 0.6 is 0 Å². The van der Waals surface area contributed by atoms with E-state index in [1.54, 1.807) is 6.20 Å². The molecule has 1 fully saturated rings. The molecule has 0 unspecified atom stereocenters. The minimum absolute atomic E-state index is 0.0708. The van der Waals surface area contributed by atoms with Crippen LogP contribution in [0.3, 0.4) is 0 Å². The van der Waals surface area contributed by atoms with Gasteiger partial charge in [0.2, 0.25) is 0 Å². The first-order valence-electron chi connectivity index (χ1n) is 9.13. The standard InChI is InChI=1S/C21H26N2O2/c1-16(2)15-25-19-11-5-4-9-17(19)20-18(10-8-12-22-20)21(24)23-13-6-3-7-14-23/h4-5,8-12,16H,3,6-7,13-15H2,1-2H3. The van der Waals surface area contributed by atoms with E-state index in [0.29, 0.717) is 23.8 Å². The molecule has 4 heteroatoms. The lowest BCUT2D eigenvalue weighted by atomic mass is 10.0. The molecule has 1 amide bonds. The Morgan fingerprint density at radius 2 is 1.88 bits per heavy atom. The van der Waals surface area contributed by atoms with Gasteiger partial charge in [-0.2, -0.15) is 0 Å². The Kier molecular flexibility index (Phi) is 5.69. The first-order chi connectivity index (χ1) is 12.2. The summed E-state index contributed by atoms with van der Waals surface area (Å²) in [4.78, 5) is 19.5. The van der Waals surface area contributed by atoms with Crippen molar-refractivity contribution < 1.29 is 9.53 Å². The normalized spacial score (nSPS) is 14.6. The van der Waals surface area contributed by atoms with Gasteiger partial charge >= 0.3 is 0 Å². The quantitative estimate of drug-likeness (QED) is 0.811. The molecular formula is C21H26N2O2. The largest absolute Gasteiger partial charge is 0.493 e. The lowest BCUT2D eigenvalue weighted by molar-refractivity contribution is 0.0725. The van der Waals surface area contributed by atoms with Gasteiger partial charge in [-0.3, -0.25) is 9.78 Å². The monoisotopic (exact) mass is 338 g/mol. The number of benzene rings is 1. The number of rotatable bonds is 5. The van der Waals surface area contributed by atoms with Gasteiger partial charge in [-0.1, -0.05) is 26.0 Å². The average molecular weight is 338 g/mol. The first-order valence-corrected chi connectivity index (χ1v) is 9.13. The maximum absolute atomic E-state index is 13.0. The highest BCUT2D eigenvalue weighted by Crippen LogP contribution is 2.32. The number of amides is 1. The Morgan fingerprint density at radius 3 is 2.64 bits per heavy atom. The lowest BCUT2D eigenvalue weighted by Gasteiger charge is -2.27. The van der Waals surface area contributed by atoms with Crippen LogP contribution in [0, 0.1) is 5.92 Å². The smallest absolute Gasteiger partial charge is 0.256 e. The Hall–Kier alpha value is -2.36. The van der Waals surface area contributed by atoms with Crippen LogP contribution in [0.25, 0.3) is 11.3 Å². The molecule has 3 rings (SSSR count). The molecular weight excluding hydrogens is 312 g/mol. The van der Waals surface area contributed by atoms with Crippen molar-refractivity contribution in [3.63, 3.8) is 0 Å². The van der Waals surface area contributed by atoms with Gasteiger partial charge in [0, 0.05) is 24.8 Å². The number of likely N-dealkylation sites (tertiary alicyclic amines) is 1. The van der Waals surface area contributed by atoms with Crippen molar-refractivity contribution in [2.45, 2.75) is 33.1 Å². The molecule has 2 heterocycles. The number of hydrogen-bond acceptors (Lipinski definition) is 3. The van der Waals surface area contributed by atoms with Gasteiger partial charge in [-0.05, 0) is 49.4 Å². The molecule has 0 radical (unpaired) electrons. The third kappa shape index (κ3) is 4.19. The molecule has 132 valence electrons. The van der Waals surface area contributed by atoms with Crippen molar-refractivity contribution in [1.29, 1.82) is 0 Å². The maximum atomic E-state index is 13.0. The van der Waals surface area contributed by atoms with Crippen LogP contribution in [-0.4, -0.2) is 35.5 Å². The Bertz CT molecular complexity index is 721. The van der Waals surface area contributed by atoms with Crippen LogP contribution in [0.4, 0.5) is 0 Å². The van der Waals surface area contributed by atoms with Gasteiger partial charge in [0.1, 0.15) is 5.75 Å². The fourth-order valence-electron chi connectivity index (χ4n) is 3.10. The number of para-hydroxylation sites is 1. The minimum Gasteiger partial charge on any atom is -0.493 e. The summed E-state index contributed by atoms with van der Waals surface area (Å²) in [6.07, 6.45) is 5.10. The van der Waals surface area contributed by atoms with E-state index in [1.807, 2.05) is 41.3 Å². The molecule has 1 aliphatic heterocycles. The fourth-order valence-corrected chi connectivity index (χ4v) is 3.10. The van der Waals surface area contributed by atoms with Crippen molar-refractivity contribution >= 4 is 5.91 Å². The zero-order valence-corrected chi connectivity index (χ0v) is 15.1. The summed E-state index contributed by atoms with van der Waals surface area (Å²) in [5.74, 6) is 1.29. The summed E-state index contributed by atoms with van der Waals surface area (Å²) in [5.41, 5.74) is 2.24. The molecule has 1 aromatic carbocycles. The molecule has 2 aromatic rings. The number of carbonyl (C=O) groups is 1. The van der Waals surface area contributed by atoms with E-state index in [2.05, 4.69) is 18.8 Å².